The van der Waals surface area contributed by atoms with Crippen molar-refractivity contribution in [1.82, 2.24) is 29.6 Å². The first-order valence-corrected chi connectivity index (χ1v) is 8.73. The zero-order chi connectivity index (χ0) is 20.5. The number of pyridine rings is 1. The van der Waals surface area contributed by atoms with E-state index in [9.17, 15) is 13.9 Å². The molecular weight excluding hydrogens is 384 g/mol. The van der Waals surface area contributed by atoms with Crippen LogP contribution in [-0.4, -0.2) is 54.5 Å². The van der Waals surface area contributed by atoms with Crippen molar-refractivity contribution in [2.75, 3.05) is 7.05 Å². The molecule has 1 aliphatic rings. The summed E-state index contributed by atoms with van der Waals surface area (Å²) in [6.45, 7) is 0.803. The predicted molar refractivity (Wildman–Crippen MR) is 101 cm³/mol. The average molecular weight is 401 g/mol. The zero-order valence-electron chi connectivity index (χ0n) is 15.4. The number of aliphatic imine (C=N–C) groups is 1. The summed E-state index contributed by atoms with van der Waals surface area (Å²) in [5.41, 5.74) is 1.15. The zero-order valence-corrected chi connectivity index (χ0v) is 15.4. The minimum Gasteiger partial charge on any atom is -0.493 e. The summed E-state index contributed by atoms with van der Waals surface area (Å²) in [7, 11) is 1.94. The van der Waals surface area contributed by atoms with Gasteiger partial charge in [-0.25, -0.2) is 4.68 Å². The SMILES string of the molecule is C=N/C(=C\N(C)C1CC1)c1nccc2c(O)nc(Oc3cnn(C(F)F)c3)nc12. The van der Waals surface area contributed by atoms with Crippen LogP contribution in [0.4, 0.5) is 8.78 Å². The molecule has 0 bridgehead atoms. The third-order valence-electron chi connectivity index (χ3n) is 4.42. The number of aromatic nitrogens is 5. The van der Waals surface area contributed by atoms with Crippen molar-refractivity contribution in [3.63, 3.8) is 0 Å². The Labute approximate surface area is 164 Å². The van der Waals surface area contributed by atoms with Crippen molar-refractivity contribution in [1.29, 1.82) is 0 Å². The Morgan fingerprint density at radius 1 is 1.45 bits per heavy atom. The van der Waals surface area contributed by atoms with Gasteiger partial charge >= 0.3 is 12.6 Å². The molecule has 0 radical (unpaired) electrons. The number of hydrogen-bond donors (Lipinski definition) is 1. The van der Waals surface area contributed by atoms with E-state index in [0.717, 1.165) is 25.2 Å². The molecule has 1 saturated carbocycles. The van der Waals surface area contributed by atoms with Crippen LogP contribution in [0.15, 0.2) is 35.8 Å². The lowest BCUT2D eigenvalue weighted by Gasteiger charge is -2.14. The molecule has 0 amide bonds. The minimum absolute atomic E-state index is 0.000526. The lowest BCUT2D eigenvalue weighted by molar-refractivity contribution is 0.0564. The highest BCUT2D eigenvalue weighted by Gasteiger charge is 2.25. The van der Waals surface area contributed by atoms with Gasteiger partial charge in [0.05, 0.1) is 17.8 Å². The highest BCUT2D eigenvalue weighted by atomic mass is 19.3. The first-order chi connectivity index (χ1) is 14.0. The lowest BCUT2D eigenvalue weighted by Crippen LogP contribution is -2.13. The van der Waals surface area contributed by atoms with Crippen molar-refractivity contribution in [3.05, 3.63) is 36.6 Å². The van der Waals surface area contributed by atoms with Crippen LogP contribution >= 0.6 is 0 Å². The van der Waals surface area contributed by atoms with E-state index in [-0.39, 0.29) is 17.6 Å². The standard InChI is InChI=1S/C18H17F2N7O2/c1-21-13(9-26(2)10-3-4-10)15-14-12(5-6-22-15)16(28)25-18(24-14)29-11-7-23-27(8-11)17(19)20/h5-10,17H,1,3-4H2,2H3,(H,24,25,28)/b13-9-. The van der Waals surface area contributed by atoms with Crippen molar-refractivity contribution >= 4 is 23.3 Å². The number of halogens is 2. The third-order valence-corrected chi connectivity index (χ3v) is 4.42. The summed E-state index contributed by atoms with van der Waals surface area (Å²) in [6, 6.07) is 1.77. The summed E-state index contributed by atoms with van der Waals surface area (Å²) >= 11 is 0. The van der Waals surface area contributed by atoms with Gasteiger partial charge in [-0.15, -0.1) is 0 Å². The van der Waals surface area contributed by atoms with E-state index in [1.54, 1.807) is 6.07 Å². The molecule has 0 aliphatic heterocycles. The highest BCUT2D eigenvalue weighted by Crippen LogP contribution is 2.32. The summed E-state index contributed by atoms with van der Waals surface area (Å²) in [5.74, 6) is -0.338. The van der Waals surface area contributed by atoms with Gasteiger partial charge in [0.25, 0.3) is 0 Å². The Kier molecular flexibility index (Phi) is 4.79. The maximum absolute atomic E-state index is 12.7. The van der Waals surface area contributed by atoms with Gasteiger partial charge < -0.3 is 14.7 Å². The largest absolute Gasteiger partial charge is 0.493 e. The molecular formula is C18H17F2N7O2. The van der Waals surface area contributed by atoms with E-state index in [0.29, 0.717) is 33.0 Å². The molecule has 3 aromatic rings. The van der Waals surface area contributed by atoms with Crippen LogP contribution in [0.3, 0.4) is 0 Å². The molecule has 0 unspecified atom stereocenters. The predicted octanol–water partition coefficient (Wildman–Crippen LogP) is 3.21. The summed E-state index contributed by atoms with van der Waals surface area (Å²) in [4.78, 5) is 18.6. The monoisotopic (exact) mass is 401 g/mol. The Morgan fingerprint density at radius 3 is 2.90 bits per heavy atom. The van der Waals surface area contributed by atoms with E-state index in [1.165, 1.54) is 6.20 Å². The van der Waals surface area contributed by atoms with Crippen LogP contribution < -0.4 is 4.74 Å². The normalized spacial score (nSPS) is 14.4. The Hall–Kier alpha value is -3.63. The number of alkyl halides is 2. The molecule has 11 heteroatoms. The topological polar surface area (TPSA) is 102 Å². The molecule has 0 aromatic carbocycles. The lowest BCUT2D eigenvalue weighted by atomic mass is 10.2. The van der Waals surface area contributed by atoms with Gasteiger partial charge in [-0.05, 0) is 25.6 Å². The van der Waals surface area contributed by atoms with Crippen LogP contribution in [0.2, 0.25) is 0 Å². The van der Waals surface area contributed by atoms with Gasteiger partial charge in [0.2, 0.25) is 5.88 Å². The van der Waals surface area contributed by atoms with Crippen molar-refractivity contribution in [3.8, 4) is 17.6 Å². The Bertz CT molecular complexity index is 1100. The van der Waals surface area contributed by atoms with Gasteiger partial charge in [-0.1, -0.05) is 0 Å². The van der Waals surface area contributed by atoms with E-state index >= 15 is 0 Å². The van der Waals surface area contributed by atoms with E-state index in [4.69, 9.17) is 4.74 Å². The number of hydrogen-bond acceptors (Lipinski definition) is 8. The molecule has 0 spiro atoms. The van der Waals surface area contributed by atoms with Crippen molar-refractivity contribution < 1.29 is 18.6 Å². The fourth-order valence-electron chi connectivity index (χ4n) is 2.79. The third kappa shape index (κ3) is 3.84. The Morgan fingerprint density at radius 2 is 2.24 bits per heavy atom. The molecule has 3 aromatic heterocycles. The number of aromatic hydroxyl groups is 1. The molecule has 3 heterocycles. The molecule has 4 rings (SSSR count). The summed E-state index contributed by atoms with van der Waals surface area (Å²) in [5, 5.41) is 14.1. The van der Waals surface area contributed by atoms with Crippen LogP contribution in [0.5, 0.6) is 17.6 Å². The van der Waals surface area contributed by atoms with Crippen molar-refractivity contribution in [2.24, 2.45) is 4.99 Å². The molecule has 150 valence electrons. The maximum Gasteiger partial charge on any atom is 0.333 e. The van der Waals surface area contributed by atoms with Gasteiger partial charge in [0, 0.05) is 25.5 Å². The van der Waals surface area contributed by atoms with Crippen LogP contribution in [-0.2, 0) is 0 Å². The summed E-state index contributed by atoms with van der Waals surface area (Å²) < 4.78 is 31.2. The molecule has 0 atom stereocenters. The Balaban J connectivity index is 1.74. The average Bonchev–Trinajstić information content (AvgIpc) is 3.45. The fourth-order valence-corrected chi connectivity index (χ4v) is 2.79. The molecule has 1 fully saturated rings. The van der Waals surface area contributed by atoms with Crippen LogP contribution in [0, 0.1) is 0 Å². The van der Waals surface area contributed by atoms with Crippen molar-refractivity contribution in [2.45, 2.75) is 25.4 Å². The second-order valence-corrected chi connectivity index (χ2v) is 6.49. The molecule has 9 nitrogen and oxygen atoms in total. The van der Waals surface area contributed by atoms with E-state index in [2.05, 4.69) is 31.8 Å². The van der Waals surface area contributed by atoms with Crippen LogP contribution in [0.1, 0.15) is 25.1 Å². The number of ether oxygens (including phenoxy) is 1. The second kappa shape index (κ2) is 7.41. The molecule has 0 saturated heterocycles. The number of nitrogens with zero attached hydrogens (tertiary/aromatic N) is 7. The van der Waals surface area contributed by atoms with E-state index in [1.807, 2.05) is 18.1 Å². The number of fused-ring (bicyclic) bond motifs is 1. The quantitative estimate of drug-likeness (QED) is 0.607. The smallest absolute Gasteiger partial charge is 0.333 e. The molecule has 29 heavy (non-hydrogen) atoms. The molecule has 1 N–H and O–H groups in total. The van der Waals surface area contributed by atoms with Gasteiger partial charge in [0.1, 0.15) is 16.9 Å². The van der Waals surface area contributed by atoms with Crippen LogP contribution in [0.25, 0.3) is 16.6 Å². The first-order valence-electron chi connectivity index (χ1n) is 8.73. The molecule has 1 aliphatic carbocycles. The van der Waals surface area contributed by atoms with Gasteiger partial charge in [-0.2, -0.15) is 23.8 Å². The first kappa shape index (κ1) is 18.7. The fraction of sp³-hybridized carbons (Fsp3) is 0.278. The number of rotatable bonds is 7. The minimum atomic E-state index is -2.80. The van der Waals surface area contributed by atoms with Gasteiger partial charge in [-0.3, -0.25) is 9.98 Å². The van der Waals surface area contributed by atoms with E-state index < -0.39 is 6.55 Å². The highest BCUT2D eigenvalue weighted by molar-refractivity contribution is 5.92. The second-order valence-electron chi connectivity index (χ2n) is 6.49. The van der Waals surface area contributed by atoms with Gasteiger partial charge in [0.15, 0.2) is 5.75 Å². The summed E-state index contributed by atoms with van der Waals surface area (Å²) in [6.07, 6.45) is 7.63. The maximum atomic E-state index is 12.7.